The van der Waals surface area contributed by atoms with Gasteiger partial charge in [-0.2, -0.15) is 0 Å². The number of carbonyl (C=O) groups is 2. The maximum Gasteiger partial charge on any atom is 0.255 e. The molecule has 6 nitrogen and oxygen atoms in total. The predicted octanol–water partition coefficient (Wildman–Crippen LogP) is 4.21. The van der Waals surface area contributed by atoms with E-state index in [2.05, 4.69) is 46.5 Å². The van der Waals surface area contributed by atoms with Crippen molar-refractivity contribution in [2.24, 2.45) is 0 Å². The van der Waals surface area contributed by atoms with Crippen LogP contribution >= 0.6 is 0 Å². The van der Waals surface area contributed by atoms with Gasteiger partial charge in [0.05, 0.1) is 11.3 Å². The van der Waals surface area contributed by atoms with Crippen LogP contribution in [0, 0.1) is 13.8 Å². The minimum Gasteiger partial charge on any atom is -0.370 e. The van der Waals surface area contributed by atoms with Crippen LogP contribution in [-0.2, 0) is 0 Å². The van der Waals surface area contributed by atoms with E-state index in [0.29, 0.717) is 29.9 Å². The van der Waals surface area contributed by atoms with Gasteiger partial charge in [-0.15, -0.1) is 0 Å². The molecule has 3 rings (SSSR count). The fourth-order valence-corrected chi connectivity index (χ4v) is 3.48. The number of hydrogen-bond acceptors (Lipinski definition) is 4. The van der Waals surface area contributed by atoms with Crippen molar-refractivity contribution in [2.75, 3.05) is 29.9 Å². The Morgan fingerprint density at radius 2 is 1.61 bits per heavy atom. The number of carbonyl (C=O) groups excluding carboxylic acids is 2. The molecular formula is C25H28N4O2. The minimum absolute atomic E-state index is 0.213. The predicted molar refractivity (Wildman–Crippen MR) is 125 cm³/mol. The number of nitrogens with zero attached hydrogens (tertiary/aromatic N) is 2. The molecule has 0 aliphatic carbocycles. The highest BCUT2D eigenvalue weighted by Crippen LogP contribution is 2.22. The summed E-state index contributed by atoms with van der Waals surface area (Å²) in [6.45, 7) is 8.08. The van der Waals surface area contributed by atoms with Gasteiger partial charge < -0.3 is 15.5 Å². The van der Waals surface area contributed by atoms with Crippen molar-refractivity contribution < 1.29 is 9.59 Å². The van der Waals surface area contributed by atoms with Crippen LogP contribution in [-0.4, -0.2) is 36.4 Å². The van der Waals surface area contributed by atoms with E-state index in [0.717, 1.165) is 12.1 Å². The number of anilines is 2. The standard InChI is InChI=1S/C25H28N4O2/c1-4-29(22-11-6-5-8-18(22)2)17-16-27-25(31)21-10-7-9-19(3)23(21)28-24(30)20-12-14-26-15-13-20/h5-15H,4,16-17H2,1-3H3,(H,27,31)(H,28,30). The lowest BCUT2D eigenvalue weighted by Gasteiger charge is -2.25. The zero-order valence-corrected chi connectivity index (χ0v) is 18.2. The van der Waals surface area contributed by atoms with E-state index >= 15 is 0 Å². The quantitative estimate of drug-likeness (QED) is 0.577. The first-order valence-electron chi connectivity index (χ1n) is 10.4. The van der Waals surface area contributed by atoms with E-state index < -0.39 is 0 Å². The first-order chi connectivity index (χ1) is 15.0. The molecule has 0 aliphatic rings. The zero-order chi connectivity index (χ0) is 22.2. The summed E-state index contributed by atoms with van der Waals surface area (Å²) in [5.74, 6) is -0.489. The summed E-state index contributed by atoms with van der Waals surface area (Å²) in [7, 11) is 0. The Morgan fingerprint density at radius 3 is 2.32 bits per heavy atom. The Hall–Kier alpha value is -3.67. The molecule has 160 valence electrons. The van der Waals surface area contributed by atoms with Crippen LogP contribution in [0.25, 0.3) is 0 Å². The molecule has 1 heterocycles. The number of hydrogen-bond donors (Lipinski definition) is 2. The highest BCUT2D eigenvalue weighted by molar-refractivity contribution is 6.09. The van der Waals surface area contributed by atoms with Crippen molar-refractivity contribution in [1.29, 1.82) is 0 Å². The molecule has 0 fully saturated rings. The smallest absolute Gasteiger partial charge is 0.255 e. The van der Waals surface area contributed by atoms with E-state index in [1.165, 1.54) is 11.3 Å². The van der Waals surface area contributed by atoms with Gasteiger partial charge in [0.2, 0.25) is 0 Å². The third-order valence-electron chi connectivity index (χ3n) is 5.20. The topological polar surface area (TPSA) is 74.3 Å². The van der Waals surface area contributed by atoms with Gasteiger partial charge in [0.15, 0.2) is 0 Å². The molecule has 0 saturated heterocycles. The van der Waals surface area contributed by atoms with Crippen molar-refractivity contribution in [1.82, 2.24) is 10.3 Å². The summed E-state index contributed by atoms with van der Waals surface area (Å²) in [6, 6.07) is 16.9. The van der Waals surface area contributed by atoms with Gasteiger partial charge in [0.1, 0.15) is 0 Å². The first-order valence-corrected chi connectivity index (χ1v) is 10.4. The third-order valence-corrected chi connectivity index (χ3v) is 5.20. The maximum absolute atomic E-state index is 12.9. The Labute approximate surface area is 183 Å². The number of likely N-dealkylation sites (N-methyl/N-ethyl adjacent to an activating group) is 1. The lowest BCUT2D eigenvalue weighted by atomic mass is 10.1. The molecule has 0 bridgehead atoms. The third kappa shape index (κ3) is 5.48. The normalized spacial score (nSPS) is 10.4. The number of benzene rings is 2. The second kappa shape index (κ2) is 10.4. The van der Waals surface area contributed by atoms with Gasteiger partial charge in [0, 0.05) is 43.3 Å². The lowest BCUT2D eigenvalue weighted by Crippen LogP contribution is -2.35. The maximum atomic E-state index is 12.9. The second-order valence-electron chi connectivity index (χ2n) is 7.31. The van der Waals surface area contributed by atoms with Gasteiger partial charge in [-0.05, 0) is 56.2 Å². The molecular weight excluding hydrogens is 388 g/mol. The molecule has 0 unspecified atom stereocenters. The summed E-state index contributed by atoms with van der Waals surface area (Å²) in [5, 5.41) is 5.87. The summed E-state index contributed by atoms with van der Waals surface area (Å²) < 4.78 is 0. The fraction of sp³-hybridized carbons (Fsp3) is 0.240. The van der Waals surface area contributed by atoms with Crippen LogP contribution in [0.4, 0.5) is 11.4 Å². The SMILES string of the molecule is CCN(CCNC(=O)c1cccc(C)c1NC(=O)c1ccncc1)c1ccccc1C. The van der Waals surface area contributed by atoms with Gasteiger partial charge >= 0.3 is 0 Å². The number of pyridine rings is 1. The molecule has 0 saturated carbocycles. The van der Waals surface area contributed by atoms with Crippen molar-refractivity contribution >= 4 is 23.2 Å². The van der Waals surface area contributed by atoms with Crippen molar-refractivity contribution in [3.63, 3.8) is 0 Å². The van der Waals surface area contributed by atoms with E-state index in [1.807, 2.05) is 31.2 Å². The lowest BCUT2D eigenvalue weighted by molar-refractivity contribution is 0.0955. The largest absolute Gasteiger partial charge is 0.370 e. The molecule has 2 aromatic carbocycles. The minimum atomic E-state index is -0.275. The summed E-state index contributed by atoms with van der Waals surface area (Å²) in [6.07, 6.45) is 3.13. The Balaban J connectivity index is 1.68. The van der Waals surface area contributed by atoms with Gasteiger partial charge in [-0.1, -0.05) is 30.3 Å². The molecule has 31 heavy (non-hydrogen) atoms. The van der Waals surface area contributed by atoms with Crippen molar-refractivity contribution in [3.05, 3.63) is 89.2 Å². The molecule has 0 radical (unpaired) electrons. The number of aromatic nitrogens is 1. The van der Waals surface area contributed by atoms with Gasteiger partial charge in [-0.3, -0.25) is 14.6 Å². The molecule has 6 heteroatoms. The van der Waals surface area contributed by atoms with Gasteiger partial charge in [-0.25, -0.2) is 0 Å². The second-order valence-corrected chi connectivity index (χ2v) is 7.31. The van der Waals surface area contributed by atoms with Crippen molar-refractivity contribution in [3.8, 4) is 0 Å². The highest BCUT2D eigenvalue weighted by Gasteiger charge is 2.16. The van der Waals surface area contributed by atoms with Crippen LogP contribution in [0.15, 0.2) is 67.0 Å². The van der Waals surface area contributed by atoms with Crippen molar-refractivity contribution in [2.45, 2.75) is 20.8 Å². The van der Waals surface area contributed by atoms with E-state index in [1.54, 1.807) is 30.6 Å². The van der Waals surface area contributed by atoms with Crippen LogP contribution in [0.1, 0.15) is 38.8 Å². The number of para-hydroxylation sites is 2. The average Bonchev–Trinajstić information content (AvgIpc) is 2.79. The molecule has 3 aromatic rings. The Bertz CT molecular complexity index is 1050. The summed E-state index contributed by atoms with van der Waals surface area (Å²) in [4.78, 5) is 31.7. The zero-order valence-electron chi connectivity index (χ0n) is 18.2. The molecule has 0 atom stereocenters. The van der Waals surface area contributed by atoms with E-state index in [4.69, 9.17) is 0 Å². The highest BCUT2D eigenvalue weighted by atomic mass is 16.2. The van der Waals surface area contributed by atoms with E-state index in [-0.39, 0.29) is 11.8 Å². The van der Waals surface area contributed by atoms with Crippen LogP contribution in [0.2, 0.25) is 0 Å². The number of aryl methyl sites for hydroxylation is 2. The number of rotatable bonds is 8. The number of amides is 2. The van der Waals surface area contributed by atoms with E-state index in [9.17, 15) is 9.59 Å². The van der Waals surface area contributed by atoms with Crippen LogP contribution in [0.3, 0.4) is 0 Å². The number of nitrogens with one attached hydrogen (secondary N) is 2. The summed E-state index contributed by atoms with van der Waals surface area (Å²) >= 11 is 0. The molecule has 2 N–H and O–H groups in total. The molecule has 0 spiro atoms. The summed E-state index contributed by atoms with van der Waals surface area (Å²) in [5.41, 5.74) is 4.65. The first kappa shape index (κ1) is 22.0. The monoisotopic (exact) mass is 416 g/mol. The fourth-order valence-electron chi connectivity index (χ4n) is 3.48. The van der Waals surface area contributed by atoms with Gasteiger partial charge in [0.25, 0.3) is 11.8 Å². The Morgan fingerprint density at radius 1 is 0.903 bits per heavy atom. The Kier molecular flexibility index (Phi) is 7.38. The van der Waals surface area contributed by atoms with Crippen LogP contribution in [0.5, 0.6) is 0 Å². The average molecular weight is 417 g/mol. The van der Waals surface area contributed by atoms with Crippen LogP contribution < -0.4 is 15.5 Å². The molecule has 2 amide bonds. The molecule has 1 aromatic heterocycles. The molecule has 0 aliphatic heterocycles.